The molecule has 1 aromatic carbocycles. The van der Waals surface area contributed by atoms with Crippen LogP contribution in [0.25, 0.3) is 11.0 Å². The molecule has 1 saturated carbocycles. The maximum atomic E-state index is 9.80. The number of anilines is 2. The van der Waals surface area contributed by atoms with Crippen molar-refractivity contribution in [3.8, 4) is 0 Å². The molecule has 2 aromatic heterocycles. The van der Waals surface area contributed by atoms with E-state index in [1.807, 2.05) is 24.3 Å². The quantitative estimate of drug-likeness (QED) is 0.801. The van der Waals surface area contributed by atoms with Gasteiger partial charge in [0.1, 0.15) is 0 Å². The second-order valence-corrected chi connectivity index (χ2v) is 5.88. The number of rotatable bonds is 3. The van der Waals surface area contributed by atoms with Crippen LogP contribution in [0.5, 0.6) is 0 Å². The summed E-state index contributed by atoms with van der Waals surface area (Å²) < 4.78 is 5.47. The molecular weight excluding hydrogens is 292 g/mol. The maximum Gasteiger partial charge on any atom is 0.231 e. The third-order valence-corrected chi connectivity index (χ3v) is 4.39. The van der Waals surface area contributed by atoms with Crippen LogP contribution in [0.4, 0.5) is 11.8 Å². The number of hydrogen-bond acceptors (Lipinski definition) is 6. The van der Waals surface area contributed by atoms with E-state index in [-0.39, 0.29) is 12.1 Å². The zero-order chi connectivity index (χ0) is 15.6. The predicted octanol–water partition coefficient (Wildman–Crippen LogP) is 3.06. The van der Waals surface area contributed by atoms with E-state index in [2.05, 4.69) is 20.0 Å². The summed E-state index contributed by atoms with van der Waals surface area (Å²) in [6.45, 7) is 0. The van der Waals surface area contributed by atoms with E-state index < -0.39 is 0 Å². The summed E-state index contributed by atoms with van der Waals surface area (Å²) in [4.78, 5) is 10.9. The number of para-hydroxylation sites is 1. The molecule has 0 saturated heterocycles. The largest absolute Gasteiger partial charge is 0.393 e. The Kier molecular flexibility index (Phi) is 3.67. The predicted molar refractivity (Wildman–Crippen MR) is 86.4 cm³/mol. The van der Waals surface area contributed by atoms with Crippen LogP contribution < -0.4 is 4.90 Å². The number of hydrogen-bond donors (Lipinski definition) is 1. The fourth-order valence-electron chi connectivity index (χ4n) is 3.21. The maximum absolute atomic E-state index is 9.80. The number of benzene rings is 1. The molecule has 0 unspecified atom stereocenters. The molecule has 1 aliphatic rings. The van der Waals surface area contributed by atoms with Crippen molar-refractivity contribution in [2.75, 3.05) is 4.90 Å². The van der Waals surface area contributed by atoms with Crippen LogP contribution in [0, 0.1) is 0 Å². The molecule has 23 heavy (non-hydrogen) atoms. The van der Waals surface area contributed by atoms with Gasteiger partial charge in [-0.2, -0.15) is 0 Å². The molecule has 0 bridgehead atoms. The summed E-state index contributed by atoms with van der Waals surface area (Å²) in [5.41, 5.74) is 0.749. The summed E-state index contributed by atoms with van der Waals surface area (Å²) in [5, 5.41) is 15.0. The van der Waals surface area contributed by atoms with Gasteiger partial charge in [0.05, 0.1) is 11.5 Å². The van der Waals surface area contributed by atoms with E-state index in [4.69, 9.17) is 4.52 Å². The average molecular weight is 310 g/mol. The molecule has 3 aromatic rings. The Morgan fingerprint density at radius 1 is 1.00 bits per heavy atom. The van der Waals surface area contributed by atoms with Crippen molar-refractivity contribution < 1.29 is 9.63 Å². The van der Waals surface area contributed by atoms with Crippen molar-refractivity contribution in [1.29, 1.82) is 0 Å². The van der Waals surface area contributed by atoms with Crippen molar-refractivity contribution in [2.24, 2.45) is 0 Å². The molecule has 0 aliphatic heterocycles. The minimum Gasteiger partial charge on any atom is -0.393 e. The van der Waals surface area contributed by atoms with E-state index in [0.29, 0.717) is 5.95 Å². The van der Waals surface area contributed by atoms with Crippen molar-refractivity contribution in [3.05, 3.63) is 42.7 Å². The molecule has 1 N–H and O–H groups in total. The second kappa shape index (κ2) is 5.96. The highest BCUT2D eigenvalue weighted by Crippen LogP contribution is 2.35. The van der Waals surface area contributed by atoms with Crippen LogP contribution in [0.3, 0.4) is 0 Å². The van der Waals surface area contributed by atoms with Gasteiger partial charge in [0.2, 0.25) is 5.95 Å². The number of fused-ring (bicyclic) bond motifs is 1. The SMILES string of the molecule is OC1CCC(N(c2ncccn2)c2noc3ccccc23)CC1. The Balaban J connectivity index is 1.79. The topological polar surface area (TPSA) is 75.3 Å². The van der Waals surface area contributed by atoms with Gasteiger partial charge in [-0.1, -0.05) is 17.3 Å². The first-order chi connectivity index (χ1) is 11.3. The normalized spacial score (nSPS) is 21.4. The van der Waals surface area contributed by atoms with Crippen molar-refractivity contribution in [2.45, 2.75) is 37.8 Å². The van der Waals surface area contributed by atoms with Gasteiger partial charge in [-0.3, -0.25) is 4.90 Å². The van der Waals surface area contributed by atoms with Crippen molar-refractivity contribution in [1.82, 2.24) is 15.1 Å². The minimum atomic E-state index is -0.209. The van der Waals surface area contributed by atoms with Crippen LogP contribution >= 0.6 is 0 Å². The van der Waals surface area contributed by atoms with Gasteiger partial charge in [-0.15, -0.1) is 0 Å². The van der Waals surface area contributed by atoms with E-state index in [9.17, 15) is 5.11 Å². The summed E-state index contributed by atoms with van der Waals surface area (Å²) in [5.74, 6) is 1.36. The number of aliphatic hydroxyl groups excluding tert-OH is 1. The highest BCUT2D eigenvalue weighted by Gasteiger charge is 2.30. The van der Waals surface area contributed by atoms with Gasteiger partial charge >= 0.3 is 0 Å². The fraction of sp³-hybridized carbons (Fsp3) is 0.353. The molecular formula is C17H18N4O2. The van der Waals surface area contributed by atoms with Crippen LogP contribution in [0.2, 0.25) is 0 Å². The lowest BCUT2D eigenvalue weighted by atomic mass is 9.92. The number of aromatic nitrogens is 3. The summed E-state index contributed by atoms with van der Waals surface area (Å²) in [7, 11) is 0. The Morgan fingerprint density at radius 2 is 1.74 bits per heavy atom. The van der Waals surface area contributed by atoms with Crippen LogP contribution in [-0.2, 0) is 0 Å². The number of aliphatic hydroxyl groups is 1. The first-order valence-electron chi connectivity index (χ1n) is 7.91. The van der Waals surface area contributed by atoms with Gasteiger partial charge in [0.15, 0.2) is 11.4 Å². The lowest BCUT2D eigenvalue weighted by Crippen LogP contribution is -2.37. The highest BCUT2D eigenvalue weighted by molar-refractivity contribution is 5.90. The van der Waals surface area contributed by atoms with Gasteiger partial charge in [-0.25, -0.2) is 9.97 Å². The Labute approximate surface area is 133 Å². The van der Waals surface area contributed by atoms with Gasteiger partial charge in [-0.05, 0) is 43.9 Å². The molecule has 118 valence electrons. The molecule has 0 radical (unpaired) electrons. The third-order valence-electron chi connectivity index (χ3n) is 4.39. The van der Waals surface area contributed by atoms with E-state index in [0.717, 1.165) is 42.5 Å². The Bertz CT molecular complexity index is 781. The molecule has 6 heteroatoms. The minimum absolute atomic E-state index is 0.203. The summed E-state index contributed by atoms with van der Waals surface area (Å²) in [6.07, 6.45) is 6.57. The molecule has 1 aliphatic carbocycles. The van der Waals surface area contributed by atoms with Crippen LogP contribution in [0.15, 0.2) is 47.2 Å². The molecule has 2 heterocycles. The monoisotopic (exact) mass is 310 g/mol. The summed E-state index contributed by atoms with van der Waals surface area (Å²) >= 11 is 0. The van der Waals surface area contributed by atoms with Gasteiger partial charge in [0.25, 0.3) is 0 Å². The lowest BCUT2D eigenvalue weighted by molar-refractivity contribution is 0.123. The van der Waals surface area contributed by atoms with Gasteiger partial charge < -0.3 is 9.63 Å². The van der Waals surface area contributed by atoms with E-state index >= 15 is 0 Å². The highest BCUT2D eigenvalue weighted by atomic mass is 16.5. The fourth-order valence-corrected chi connectivity index (χ4v) is 3.21. The lowest BCUT2D eigenvalue weighted by Gasteiger charge is -2.34. The van der Waals surface area contributed by atoms with Crippen molar-refractivity contribution >= 4 is 22.7 Å². The zero-order valence-electron chi connectivity index (χ0n) is 12.7. The first-order valence-corrected chi connectivity index (χ1v) is 7.91. The number of nitrogens with zero attached hydrogens (tertiary/aromatic N) is 4. The molecule has 4 rings (SSSR count). The van der Waals surface area contributed by atoms with E-state index in [1.165, 1.54) is 0 Å². The van der Waals surface area contributed by atoms with E-state index in [1.54, 1.807) is 18.5 Å². The molecule has 0 spiro atoms. The standard InChI is InChI=1S/C17H18N4O2/c22-13-8-6-12(7-9-13)21(17-18-10-3-11-19-17)16-14-4-1-2-5-15(14)23-20-16/h1-5,10-13,22H,6-9H2. The summed E-state index contributed by atoms with van der Waals surface area (Å²) in [6, 6.07) is 9.80. The van der Waals surface area contributed by atoms with Crippen LogP contribution in [0.1, 0.15) is 25.7 Å². The van der Waals surface area contributed by atoms with Gasteiger partial charge in [0, 0.05) is 18.4 Å². The molecule has 0 atom stereocenters. The zero-order valence-corrected chi connectivity index (χ0v) is 12.7. The first kappa shape index (κ1) is 14.1. The Hall–Kier alpha value is -2.47. The molecule has 1 fully saturated rings. The third kappa shape index (κ3) is 2.66. The van der Waals surface area contributed by atoms with Crippen LogP contribution in [-0.4, -0.2) is 32.4 Å². The molecule has 6 nitrogen and oxygen atoms in total. The van der Waals surface area contributed by atoms with Crippen molar-refractivity contribution in [3.63, 3.8) is 0 Å². The Morgan fingerprint density at radius 3 is 2.52 bits per heavy atom. The average Bonchev–Trinajstić information content (AvgIpc) is 3.02. The molecule has 0 amide bonds. The second-order valence-electron chi connectivity index (χ2n) is 5.88. The smallest absolute Gasteiger partial charge is 0.231 e.